The molecule has 3 heteroatoms. The average Bonchev–Trinajstić information content (AvgIpc) is 2.53. The zero-order valence-electron chi connectivity index (χ0n) is 16.0. The number of rotatable bonds is 15. The number of methoxy groups -OCH3 is 3. The molecule has 0 aromatic rings. The van der Waals surface area contributed by atoms with Crippen molar-refractivity contribution >= 4 is 0 Å². The molecule has 0 atom stereocenters. The lowest BCUT2D eigenvalue weighted by Gasteiger charge is -2.47. The van der Waals surface area contributed by atoms with E-state index in [-0.39, 0.29) is 5.41 Å². The van der Waals surface area contributed by atoms with Crippen LogP contribution in [0.1, 0.15) is 91.4 Å². The lowest BCUT2D eigenvalue weighted by molar-refractivity contribution is -0.411. The van der Waals surface area contributed by atoms with Gasteiger partial charge in [-0.25, -0.2) is 0 Å². The maximum atomic E-state index is 5.76. The summed E-state index contributed by atoms with van der Waals surface area (Å²) in [7, 11) is 5.11. The molecule has 3 nitrogen and oxygen atoms in total. The molecule has 22 heavy (non-hydrogen) atoms. The van der Waals surface area contributed by atoms with Crippen LogP contribution in [0.5, 0.6) is 0 Å². The van der Waals surface area contributed by atoms with E-state index >= 15 is 0 Å². The molecule has 0 fully saturated rings. The van der Waals surface area contributed by atoms with Crippen LogP contribution in [0.2, 0.25) is 0 Å². The largest absolute Gasteiger partial charge is 0.330 e. The van der Waals surface area contributed by atoms with Crippen molar-refractivity contribution in [3.63, 3.8) is 0 Å². The van der Waals surface area contributed by atoms with E-state index < -0.39 is 5.97 Å². The number of ether oxygens (including phenoxy) is 3. The van der Waals surface area contributed by atoms with Crippen molar-refractivity contribution in [1.82, 2.24) is 0 Å². The third-order valence-corrected chi connectivity index (χ3v) is 4.92. The fourth-order valence-electron chi connectivity index (χ4n) is 3.93. The van der Waals surface area contributed by atoms with Gasteiger partial charge in [0.2, 0.25) is 0 Å². The minimum Gasteiger partial charge on any atom is -0.330 e. The molecule has 0 spiro atoms. The van der Waals surface area contributed by atoms with Crippen molar-refractivity contribution in [3.05, 3.63) is 0 Å². The van der Waals surface area contributed by atoms with Crippen LogP contribution in [0.15, 0.2) is 0 Å². The molecule has 0 unspecified atom stereocenters. The molecule has 0 rings (SSSR count). The summed E-state index contributed by atoms with van der Waals surface area (Å²) in [6.45, 7) is 6.73. The van der Waals surface area contributed by atoms with E-state index in [4.69, 9.17) is 14.2 Å². The maximum absolute atomic E-state index is 5.76. The molecule has 0 aliphatic heterocycles. The summed E-state index contributed by atoms with van der Waals surface area (Å²) in [6, 6.07) is 0. The van der Waals surface area contributed by atoms with Gasteiger partial charge in [-0.1, -0.05) is 72.1 Å². The van der Waals surface area contributed by atoms with E-state index in [0.29, 0.717) is 0 Å². The molecule has 0 heterocycles. The Hall–Kier alpha value is -0.120. The second kappa shape index (κ2) is 12.3. The molecule has 0 aromatic carbocycles. The summed E-state index contributed by atoms with van der Waals surface area (Å²) in [5.74, 6) is -0.914. The summed E-state index contributed by atoms with van der Waals surface area (Å²) < 4.78 is 17.3. The van der Waals surface area contributed by atoms with Gasteiger partial charge < -0.3 is 14.2 Å². The van der Waals surface area contributed by atoms with Gasteiger partial charge in [-0.05, 0) is 19.3 Å². The third-order valence-electron chi connectivity index (χ3n) is 4.92. The van der Waals surface area contributed by atoms with Crippen LogP contribution in [0, 0.1) is 5.41 Å². The van der Waals surface area contributed by atoms with Gasteiger partial charge in [-0.15, -0.1) is 0 Å². The fourth-order valence-corrected chi connectivity index (χ4v) is 3.93. The highest BCUT2D eigenvalue weighted by Gasteiger charge is 2.52. The zero-order valence-corrected chi connectivity index (χ0v) is 16.0. The highest BCUT2D eigenvalue weighted by molar-refractivity contribution is 4.88. The maximum Gasteiger partial charge on any atom is 0.288 e. The first-order chi connectivity index (χ1) is 10.6. The van der Waals surface area contributed by atoms with Crippen molar-refractivity contribution in [2.45, 2.75) is 97.4 Å². The summed E-state index contributed by atoms with van der Waals surface area (Å²) in [5.41, 5.74) is -0.0560. The lowest BCUT2D eigenvalue weighted by atomic mass is 9.72. The van der Waals surface area contributed by atoms with Crippen LogP contribution < -0.4 is 0 Å². The molecule has 0 saturated heterocycles. The minimum absolute atomic E-state index is 0.0560. The molecular formula is C19H40O3. The molecule has 134 valence electrons. The van der Waals surface area contributed by atoms with Crippen molar-refractivity contribution in [2.24, 2.45) is 5.41 Å². The number of hydrogen-bond donors (Lipinski definition) is 0. The average molecular weight is 317 g/mol. The predicted molar refractivity (Wildman–Crippen MR) is 94.0 cm³/mol. The first-order valence-corrected chi connectivity index (χ1v) is 9.27. The molecule has 0 amide bonds. The summed E-state index contributed by atoms with van der Waals surface area (Å²) >= 11 is 0. The van der Waals surface area contributed by atoms with Crippen LogP contribution in [0.3, 0.4) is 0 Å². The van der Waals surface area contributed by atoms with E-state index in [9.17, 15) is 0 Å². The third kappa shape index (κ3) is 5.82. The van der Waals surface area contributed by atoms with Crippen LogP contribution in [-0.2, 0) is 14.2 Å². The SMILES string of the molecule is CCCCCCCCC(CCC)(CCC)C(OC)(OC)OC. The van der Waals surface area contributed by atoms with Crippen LogP contribution in [0.25, 0.3) is 0 Å². The highest BCUT2D eigenvalue weighted by atomic mass is 16.9. The lowest BCUT2D eigenvalue weighted by Crippen LogP contribution is -2.53. The summed E-state index contributed by atoms with van der Waals surface area (Å²) in [5, 5.41) is 0. The van der Waals surface area contributed by atoms with Crippen molar-refractivity contribution in [3.8, 4) is 0 Å². The zero-order chi connectivity index (χ0) is 16.9. The van der Waals surface area contributed by atoms with Gasteiger partial charge in [0.25, 0.3) is 5.97 Å². The molecule has 0 saturated carbocycles. The predicted octanol–water partition coefficient (Wildman–Crippen LogP) is 5.92. The van der Waals surface area contributed by atoms with Gasteiger partial charge in [0, 0.05) is 21.3 Å². The standard InChI is InChI=1S/C19H40O3/c1-7-10-11-12-13-14-17-18(15-8-2,16-9-3)19(20-4,21-5)22-6/h7-17H2,1-6H3. The Morgan fingerprint density at radius 2 is 1.00 bits per heavy atom. The van der Waals surface area contributed by atoms with Crippen molar-refractivity contribution < 1.29 is 14.2 Å². The van der Waals surface area contributed by atoms with E-state index in [1.165, 1.54) is 38.5 Å². The Morgan fingerprint density at radius 3 is 1.41 bits per heavy atom. The molecule has 0 N–H and O–H groups in total. The van der Waals surface area contributed by atoms with Gasteiger partial charge >= 0.3 is 0 Å². The minimum atomic E-state index is -0.914. The number of hydrogen-bond acceptors (Lipinski definition) is 3. The first kappa shape index (κ1) is 21.9. The van der Waals surface area contributed by atoms with Gasteiger partial charge in [-0.3, -0.25) is 0 Å². The first-order valence-electron chi connectivity index (χ1n) is 9.27. The Balaban J connectivity index is 4.91. The topological polar surface area (TPSA) is 27.7 Å². The van der Waals surface area contributed by atoms with Gasteiger partial charge in [0.15, 0.2) is 0 Å². The van der Waals surface area contributed by atoms with E-state index in [1.807, 2.05) is 0 Å². The van der Waals surface area contributed by atoms with Crippen molar-refractivity contribution in [1.29, 1.82) is 0 Å². The van der Waals surface area contributed by atoms with Gasteiger partial charge in [-0.2, -0.15) is 0 Å². The molecular weight excluding hydrogens is 276 g/mol. The molecule has 0 aliphatic carbocycles. The Kier molecular flexibility index (Phi) is 12.3. The second-order valence-electron chi connectivity index (χ2n) is 6.47. The van der Waals surface area contributed by atoms with E-state index in [0.717, 1.165) is 32.1 Å². The molecule has 0 aromatic heterocycles. The second-order valence-corrected chi connectivity index (χ2v) is 6.47. The highest BCUT2D eigenvalue weighted by Crippen LogP contribution is 2.48. The Labute approximate surface area is 139 Å². The van der Waals surface area contributed by atoms with Gasteiger partial charge in [0.05, 0.1) is 5.41 Å². The van der Waals surface area contributed by atoms with Crippen molar-refractivity contribution in [2.75, 3.05) is 21.3 Å². The van der Waals surface area contributed by atoms with Crippen LogP contribution in [-0.4, -0.2) is 27.3 Å². The summed E-state index contributed by atoms with van der Waals surface area (Å²) in [4.78, 5) is 0. The smallest absolute Gasteiger partial charge is 0.288 e. The number of unbranched alkanes of at least 4 members (excludes halogenated alkanes) is 5. The molecule has 0 aliphatic rings. The van der Waals surface area contributed by atoms with Gasteiger partial charge in [0.1, 0.15) is 0 Å². The van der Waals surface area contributed by atoms with E-state index in [1.54, 1.807) is 21.3 Å². The van der Waals surface area contributed by atoms with Crippen LogP contribution >= 0.6 is 0 Å². The Morgan fingerprint density at radius 1 is 0.545 bits per heavy atom. The fraction of sp³-hybridized carbons (Fsp3) is 1.00. The quantitative estimate of drug-likeness (QED) is 0.277. The normalized spacial score (nSPS) is 12.8. The summed E-state index contributed by atoms with van der Waals surface area (Å²) in [6.07, 6.45) is 13.4. The monoisotopic (exact) mass is 316 g/mol. The Bertz CT molecular complexity index is 235. The van der Waals surface area contributed by atoms with E-state index in [2.05, 4.69) is 20.8 Å². The molecule has 0 radical (unpaired) electrons. The van der Waals surface area contributed by atoms with Crippen LogP contribution in [0.4, 0.5) is 0 Å². The molecule has 0 bridgehead atoms.